The molecule has 0 aliphatic heterocycles. The Hall–Kier alpha value is -1.85. The fourth-order valence-electron chi connectivity index (χ4n) is 1.66. The molecule has 0 fully saturated rings. The van der Waals surface area contributed by atoms with Crippen LogP contribution in [-0.4, -0.2) is 12.1 Å². The second kappa shape index (κ2) is 4.99. The van der Waals surface area contributed by atoms with E-state index in [1.165, 1.54) is 0 Å². The highest BCUT2D eigenvalue weighted by Crippen LogP contribution is 2.24. The van der Waals surface area contributed by atoms with Gasteiger partial charge in [-0.3, -0.25) is 10.8 Å². The lowest BCUT2D eigenvalue weighted by atomic mass is 10.1. The Balaban J connectivity index is 2.34. The molecule has 5 nitrogen and oxygen atoms in total. The van der Waals surface area contributed by atoms with Crippen LogP contribution in [0.4, 0.5) is 0 Å². The largest absolute Gasteiger partial charge is 0.495 e. The topological polar surface area (TPSA) is 73.3 Å². The molecule has 0 saturated carbocycles. The van der Waals surface area contributed by atoms with Crippen molar-refractivity contribution in [3.8, 4) is 5.75 Å². The van der Waals surface area contributed by atoms with Crippen molar-refractivity contribution in [2.24, 2.45) is 5.84 Å². The number of pyridine rings is 1. The van der Waals surface area contributed by atoms with Crippen molar-refractivity contribution in [1.82, 2.24) is 10.4 Å². The zero-order valence-electron chi connectivity index (χ0n) is 9.81. The smallest absolute Gasteiger partial charge is 0.137 e. The number of aryl methyl sites for hydroxylation is 1. The summed E-state index contributed by atoms with van der Waals surface area (Å²) in [7, 11) is 1.60. The Morgan fingerprint density at radius 1 is 1.41 bits per heavy atom. The van der Waals surface area contributed by atoms with E-state index in [4.69, 9.17) is 15.0 Å². The molecule has 2 heterocycles. The molecule has 2 aromatic heterocycles. The molecule has 1 unspecified atom stereocenters. The van der Waals surface area contributed by atoms with Gasteiger partial charge in [-0.25, -0.2) is 5.43 Å². The minimum absolute atomic E-state index is 0.230. The number of nitrogens with two attached hydrogens (primary N) is 1. The van der Waals surface area contributed by atoms with E-state index in [9.17, 15) is 0 Å². The fourth-order valence-corrected chi connectivity index (χ4v) is 1.66. The van der Waals surface area contributed by atoms with Gasteiger partial charge in [0.05, 0.1) is 13.3 Å². The Morgan fingerprint density at radius 3 is 2.82 bits per heavy atom. The first-order chi connectivity index (χ1) is 8.24. The maximum Gasteiger partial charge on any atom is 0.137 e. The molecule has 0 aromatic carbocycles. The Labute approximate surface area is 99.6 Å². The number of rotatable bonds is 4. The Kier molecular flexibility index (Phi) is 3.41. The van der Waals surface area contributed by atoms with E-state index in [0.717, 1.165) is 17.1 Å². The van der Waals surface area contributed by atoms with Crippen molar-refractivity contribution in [2.45, 2.75) is 13.0 Å². The highest BCUT2D eigenvalue weighted by atomic mass is 16.5. The third kappa shape index (κ3) is 2.46. The molecule has 0 bridgehead atoms. The van der Waals surface area contributed by atoms with E-state index < -0.39 is 0 Å². The van der Waals surface area contributed by atoms with Crippen molar-refractivity contribution in [2.75, 3.05) is 7.11 Å². The molecule has 5 heteroatoms. The van der Waals surface area contributed by atoms with Crippen LogP contribution in [-0.2, 0) is 0 Å². The first kappa shape index (κ1) is 11.6. The summed E-state index contributed by atoms with van der Waals surface area (Å²) in [5, 5.41) is 0. The van der Waals surface area contributed by atoms with Gasteiger partial charge in [0.15, 0.2) is 0 Å². The molecular formula is C12H15N3O2. The molecule has 0 spiro atoms. The van der Waals surface area contributed by atoms with E-state index >= 15 is 0 Å². The molecule has 2 aromatic rings. The normalized spacial score (nSPS) is 12.4. The summed E-state index contributed by atoms with van der Waals surface area (Å²) in [5.41, 5.74) is 3.60. The molecule has 17 heavy (non-hydrogen) atoms. The van der Waals surface area contributed by atoms with Crippen molar-refractivity contribution < 1.29 is 9.15 Å². The first-order valence-corrected chi connectivity index (χ1v) is 5.26. The molecule has 2 rings (SSSR count). The third-order valence-electron chi connectivity index (χ3n) is 2.52. The predicted octanol–water partition coefficient (Wildman–Crippen LogP) is 1.54. The second-order valence-corrected chi connectivity index (χ2v) is 3.71. The highest BCUT2D eigenvalue weighted by molar-refractivity contribution is 5.30. The van der Waals surface area contributed by atoms with Crippen LogP contribution >= 0.6 is 0 Å². The van der Waals surface area contributed by atoms with Crippen LogP contribution in [0.5, 0.6) is 5.75 Å². The van der Waals surface area contributed by atoms with Gasteiger partial charge in [0.1, 0.15) is 23.3 Å². The van der Waals surface area contributed by atoms with Crippen LogP contribution < -0.4 is 16.0 Å². The molecule has 0 radical (unpaired) electrons. The van der Waals surface area contributed by atoms with Crippen molar-refractivity contribution in [3.05, 3.63) is 47.7 Å². The number of nitrogens with one attached hydrogen (secondary N) is 1. The zero-order chi connectivity index (χ0) is 12.3. The first-order valence-electron chi connectivity index (χ1n) is 5.26. The van der Waals surface area contributed by atoms with Crippen LogP contribution in [0.3, 0.4) is 0 Å². The lowest BCUT2D eigenvalue weighted by Gasteiger charge is -2.14. The van der Waals surface area contributed by atoms with Gasteiger partial charge in [0.2, 0.25) is 0 Å². The number of aromatic nitrogens is 1. The van der Waals surface area contributed by atoms with Crippen LogP contribution in [0.15, 0.2) is 35.0 Å². The van der Waals surface area contributed by atoms with Crippen LogP contribution in [0, 0.1) is 6.92 Å². The number of hydrogen-bond donors (Lipinski definition) is 2. The van der Waals surface area contributed by atoms with Gasteiger partial charge in [0, 0.05) is 6.20 Å². The van der Waals surface area contributed by atoms with Gasteiger partial charge >= 0.3 is 0 Å². The number of hydrogen-bond acceptors (Lipinski definition) is 5. The SMILES string of the molecule is COc1cncc(C(NN)c2ccc(C)o2)c1. The number of furan rings is 1. The molecule has 0 amide bonds. The van der Waals surface area contributed by atoms with Crippen molar-refractivity contribution in [3.63, 3.8) is 0 Å². The average Bonchev–Trinajstić information content (AvgIpc) is 2.77. The molecule has 0 saturated heterocycles. The molecule has 3 N–H and O–H groups in total. The van der Waals surface area contributed by atoms with Gasteiger partial charge < -0.3 is 9.15 Å². The van der Waals surface area contributed by atoms with E-state index in [-0.39, 0.29) is 6.04 Å². The Morgan fingerprint density at radius 2 is 2.24 bits per heavy atom. The molecule has 90 valence electrons. The monoisotopic (exact) mass is 233 g/mol. The second-order valence-electron chi connectivity index (χ2n) is 3.71. The number of ether oxygens (including phenoxy) is 1. The van der Waals surface area contributed by atoms with E-state index in [0.29, 0.717) is 5.75 Å². The molecule has 1 atom stereocenters. The third-order valence-corrected chi connectivity index (χ3v) is 2.52. The summed E-state index contributed by atoms with van der Waals surface area (Å²) in [6, 6.07) is 5.42. The minimum atomic E-state index is -0.230. The summed E-state index contributed by atoms with van der Waals surface area (Å²) < 4.78 is 10.7. The van der Waals surface area contributed by atoms with Crippen LogP contribution in [0.2, 0.25) is 0 Å². The van der Waals surface area contributed by atoms with Gasteiger partial charge in [-0.15, -0.1) is 0 Å². The van der Waals surface area contributed by atoms with Gasteiger partial charge in [-0.1, -0.05) is 0 Å². The molecule has 0 aliphatic rings. The summed E-state index contributed by atoms with van der Waals surface area (Å²) in [5.74, 6) is 7.84. The lowest BCUT2D eigenvalue weighted by Crippen LogP contribution is -2.28. The zero-order valence-corrected chi connectivity index (χ0v) is 9.81. The maximum atomic E-state index is 5.56. The van der Waals surface area contributed by atoms with Crippen LogP contribution in [0.25, 0.3) is 0 Å². The van der Waals surface area contributed by atoms with Gasteiger partial charge in [-0.2, -0.15) is 0 Å². The number of nitrogens with zero attached hydrogens (tertiary/aromatic N) is 1. The van der Waals surface area contributed by atoms with E-state index in [1.54, 1.807) is 19.5 Å². The Bertz CT molecular complexity index is 496. The highest BCUT2D eigenvalue weighted by Gasteiger charge is 2.16. The summed E-state index contributed by atoms with van der Waals surface area (Å²) in [6.45, 7) is 1.89. The van der Waals surface area contributed by atoms with Crippen LogP contribution in [0.1, 0.15) is 23.1 Å². The quantitative estimate of drug-likeness (QED) is 0.619. The van der Waals surface area contributed by atoms with E-state index in [1.807, 2.05) is 25.1 Å². The van der Waals surface area contributed by atoms with Crippen molar-refractivity contribution in [1.29, 1.82) is 0 Å². The summed E-state index contributed by atoms with van der Waals surface area (Å²) in [4.78, 5) is 4.09. The number of hydrazine groups is 1. The van der Waals surface area contributed by atoms with Crippen molar-refractivity contribution >= 4 is 0 Å². The van der Waals surface area contributed by atoms with E-state index in [2.05, 4.69) is 10.4 Å². The molecular weight excluding hydrogens is 218 g/mol. The maximum absolute atomic E-state index is 5.56. The molecule has 0 aliphatic carbocycles. The average molecular weight is 233 g/mol. The van der Waals surface area contributed by atoms with Gasteiger partial charge in [-0.05, 0) is 30.7 Å². The standard InChI is InChI=1S/C12H15N3O2/c1-8-3-4-11(17-8)12(15-13)9-5-10(16-2)7-14-6-9/h3-7,12,15H,13H2,1-2H3. The summed E-state index contributed by atoms with van der Waals surface area (Å²) >= 11 is 0. The predicted molar refractivity (Wildman–Crippen MR) is 63.4 cm³/mol. The summed E-state index contributed by atoms with van der Waals surface area (Å²) in [6.07, 6.45) is 3.37. The fraction of sp³-hybridized carbons (Fsp3) is 0.250. The minimum Gasteiger partial charge on any atom is -0.495 e. The van der Waals surface area contributed by atoms with Gasteiger partial charge in [0.25, 0.3) is 0 Å². The number of methoxy groups -OCH3 is 1. The lowest BCUT2D eigenvalue weighted by molar-refractivity contribution is 0.408.